The molecule has 25 heavy (non-hydrogen) atoms. The first-order valence-electron chi connectivity index (χ1n) is 7.73. The van der Waals surface area contributed by atoms with Crippen molar-refractivity contribution in [1.82, 2.24) is 10.4 Å². The van der Waals surface area contributed by atoms with Crippen molar-refractivity contribution in [3.8, 4) is 0 Å². The summed E-state index contributed by atoms with van der Waals surface area (Å²) >= 11 is 1.38. The summed E-state index contributed by atoms with van der Waals surface area (Å²) in [6, 6.07) is 5.21. The van der Waals surface area contributed by atoms with E-state index in [1.165, 1.54) is 23.5 Å². The van der Waals surface area contributed by atoms with E-state index in [1.54, 1.807) is 5.48 Å². The van der Waals surface area contributed by atoms with Gasteiger partial charge in [-0.15, -0.1) is 11.3 Å². The number of alkyl halides is 3. The molecule has 0 aliphatic carbocycles. The SMILES string of the molecule is Cc1c(C(=O)NO)sc2c1CN(Cc1ccc(C(F)(F)F)cc1)CC2. The van der Waals surface area contributed by atoms with Gasteiger partial charge < -0.3 is 0 Å². The molecule has 1 aromatic carbocycles. The van der Waals surface area contributed by atoms with Gasteiger partial charge in [-0.25, -0.2) is 5.48 Å². The molecular formula is C17H17F3N2O2S. The van der Waals surface area contributed by atoms with Crippen LogP contribution in [0.4, 0.5) is 13.2 Å². The molecule has 0 atom stereocenters. The molecule has 2 heterocycles. The van der Waals surface area contributed by atoms with E-state index in [4.69, 9.17) is 5.21 Å². The highest BCUT2D eigenvalue weighted by Crippen LogP contribution is 2.33. The van der Waals surface area contributed by atoms with Crippen LogP contribution in [0.2, 0.25) is 0 Å². The van der Waals surface area contributed by atoms with Crippen LogP contribution in [0.1, 0.15) is 36.8 Å². The number of carbonyl (C=O) groups is 1. The summed E-state index contributed by atoms with van der Waals surface area (Å²) in [7, 11) is 0. The molecule has 3 rings (SSSR count). The van der Waals surface area contributed by atoms with Gasteiger partial charge in [-0.1, -0.05) is 12.1 Å². The number of hydrogen-bond donors (Lipinski definition) is 2. The van der Waals surface area contributed by atoms with Crippen molar-refractivity contribution >= 4 is 17.2 Å². The zero-order valence-corrected chi connectivity index (χ0v) is 14.3. The summed E-state index contributed by atoms with van der Waals surface area (Å²) in [5, 5.41) is 8.82. The molecule has 4 nitrogen and oxygen atoms in total. The summed E-state index contributed by atoms with van der Waals surface area (Å²) in [6.45, 7) is 3.81. The number of benzene rings is 1. The molecule has 1 aliphatic heterocycles. The van der Waals surface area contributed by atoms with Crippen LogP contribution in [0, 0.1) is 6.92 Å². The van der Waals surface area contributed by atoms with Gasteiger partial charge in [0.25, 0.3) is 5.91 Å². The van der Waals surface area contributed by atoms with E-state index in [-0.39, 0.29) is 0 Å². The van der Waals surface area contributed by atoms with Crippen LogP contribution in [0.5, 0.6) is 0 Å². The smallest absolute Gasteiger partial charge is 0.294 e. The average molecular weight is 370 g/mol. The first-order valence-corrected chi connectivity index (χ1v) is 8.55. The van der Waals surface area contributed by atoms with Crippen molar-refractivity contribution in [2.24, 2.45) is 0 Å². The van der Waals surface area contributed by atoms with Crippen LogP contribution in [-0.2, 0) is 25.7 Å². The Labute approximate surface area is 146 Å². The van der Waals surface area contributed by atoms with Crippen LogP contribution in [0.25, 0.3) is 0 Å². The third-order valence-electron chi connectivity index (χ3n) is 4.39. The summed E-state index contributed by atoms with van der Waals surface area (Å²) in [4.78, 5) is 15.5. The number of nitrogens with zero attached hydrogens (tertiary/aromatic N) is 1. The second-order valence-electron chi connectivity index (χ2n) is 6.05. The number of nitrogens with one attached hydrogen (secondary N) is 1. The number of rotatable bonds is 3. The number of carbonyl (C=O) groups excluding carboxylic acids is 1. The van der Waals surface area contributed by atoms with Crippen molar-refractivity contribution in [3.05, 3.63) is 56.3 Å². The molecule has 2 N–H and O–H groups in total. The van der Waals surface area contributed by atoms with Gasteiger partial charge in [-0.3, -0.25) is 14.9 Å². The molecule has 0 bridgehead atoms. The van der Waals surface area contributed by atoms with Crippen molar-refractivity contribution in [2.75, 3.05) is 6.54 Å². The van der Waals surface area contributed by atoms with Gasteiger partial charge in [-0.2, -0.15) is 13.2 Å². The Morgan fingerprint density at radius 2 is 2.00 bits per heavy atom. The number of hydroxylamine groups is 1. The lowest BCUT2D eigenvalue weighted by molar-refractivity contribution is -0.137. The fourth-order valence-corrected chi connectivity index (χ4v) is 4.23. The Morgan fingerprint density at radius 3 is 2.60 bits per heavy atom. The highest BCUT2D eigenvalue weighted by atomic mass is 32.1. The molecule has 0 saturated carbocycles. The standard InChI is InChI=1S/C17H17F3N2O2S/c1-10-13-9-22(7-6-14(13)25-15(10)16(23)21-24)8-11-2-4-12(5-3-11)17(18,19)20/h2-5,24H,6-9H2,1H3,(H,21,23). The van der Waals surface area contributed by atoms with Crippen molar-refractivity contribution in [1.29, 1.82) is 0 Å². The number of hydrogen-bond acceptors (Lipinski definition) is 4. The normalized spacial score (nSPS) is 15.1. The molecule has 134 valence electrons. The van der Waals surface area contributed by atoms with E-state index >= 15 is 0 Å². The lowest BCUT2D eigenvalue weighted by Crippen LogP contribution is -2.29. The molecule has 0 unspecified atom stereocenters. The number of fused-ring (bicyclic) bond motifs is 1. The van der Waals surface area contributed by atoms with Crippen molar-refractivity contribution in [3.63, 3.8) is 0 Å². The molecule has 2 aromatic rings. The van der Waals surface area contributed by atoms with Crippen LogP contribution in [-0.4, -0.2) is 22.6 Å². The van der Waals surface area contributed by atoms with E-state index in [2.05, 4.69) is 4.90 Å². The van der Waals surface area contributed by atoms with Gasteiger partial charge in [0.05, 0.1) is 10.4 Å². The minimum absolute atomic E-state index is 0.504. The zero-order valence-electron chi connectivity index (χ0n) is 13.5. The Kier molecular flexibility index (Phi) is 4.86. The van der Waals surface area contributed by atoms with Gasteiger partial charge in [-0.05, 0) is 42.2 Å². The van der Waals surface area contributed by atoms with Crippen LogP contribution in [0.3, 0.4) is 0 Å². The minimum Gasteiger partial charge on any atom is -0.294 e. The topological polar surface area (TPSA) is 52.6 Å². The summed E-state index contributed by atoms with van der Waals surface area (Å²) in [5.74, 6) is -0.508. The molecule has 1 aromatic heterocycles. The Balaban J connectivity index is 1.73. The second kappa shape index (κ2) is 6.78. The molecule has 0 spiro atoms. The first kappa shape index (κ1) is 17.9. The maximum atomic E-state index is 12.6. The first-order chi connectivity index (χ1) is 11.8. The lowest BCUT2D eigenvalue weighted by atomic mass is 10.0. The van der Waals surface area contributed by atoms with Gasteiger partial charge in [0, 0.05) is 24.5 Å². The van der Waals surface area contributed by atoms with E-state index in [0.717, 1.165) is 46.7 Å². The fraction of sp³-hybridized carbons (Fsp3) is 0.353. The molecular weight excluding hydrogens is 353 g/mol. The van der Waals surface area contributed by atoms with Crippen molar-refractivity contribution in [2.45, 2.75) is 32.6 Å². The molecule has 0 saturated heterocycles. The molecule has 0 radical (unpaired) electrons. The van der Waals surface area contributed by atoms with Crippen LogP contribution < -0.4 is 5.48 Å². The Morgan fingerprint density at radius 1 is 1.32 bits per heavy atom. The average Bonchev–Trinajstić information content (AvgIpc) is 2.90. The fourth-order valence-electron chi connectivity index (χ4n) is 3.04. The third-order valence-corrected chi connectivity index (χ3v) is 5.78. The molecule has 8 heteroatoms. The Hall–Kier alpha value is -1.90. The number of amides is 1. The maximum Gasteiger partial charge on any atom is 0.416 e. The largest absolute Gasteiger partial charge is 0.416 e. The quantitative estimate of drug-likeness (QED) is 0.639. The van der Waals surface area contributed by atoms with Crippen LogP contribution >= 0.6 is 11.3 Å². The van der Waals surface area contributed by atoms with E-state index in [1.807, 2.05) is 6.92 Å². The molecule has 1 aliphatic rings. The number of thiophene rings is 1. The van der Waals surface area contributed by atoms with Crippen LogP contribution in [0.15, 0.2) is 24.3 Å². The highest BCUT2D eigenvalue weighted by Gasteiger charge is 2.30. The van der Waals surface area contributed by atoms with Gasteiger partial charge >= 0.3 is 6.18 Å². The summed E-state index contributed by atoms with van der Waals surface area (Å²) in [6.07, 6.45) is -3.55. The monoisotopic (exact) mass is 370 g/mol. The van der Waals surface area contributed by atoms with E-state index in [9.17, 15) is 18.0 Å². The van der Waals surface area contributed by atoms with Gasteiger partial charge in [0.2, 0.25) is 0 Å². The highest BCUT2D eigenvalue weighted by molar-refractivity contribution is 7.14. The minimum atomic E-state index is -4.32. The van der Waals surface area contributed by atoms with E-state index in [0.29, 0.717) is 18.0 Å². The zero-order chi connectivity index (χ0) is 18.2. The Bertz CT molecular complexity index is 784. The summed E-state index contributed by atoms with van der Waals surface area (Å²) in [5.41, 5.74) is 3.76. The van der Waals surface area contributed by atoms with Crippen molar-refractivity contribution < 1.29 is 23.2 Å². The maximum absolute atomic E-state index is 12.6. The van der Waals surface area contributed by atoms with Gasteiger partial charge in [0.15, 0.2) is 0 Å². The van der Waals surface area contributed by atoms with Gasteiger partial charge in [0.1, 0.15) is 0 Å². The third kappa shape index (κ3) is 3.70. The molecule has 0 fully saturated rings. The van der Waals surface area contributed by atoms with E-state index < -0.39 is 17.6 Å². The molecule has 1 amide bonds. The predicted octanol–water partition coefficient (Wildman–Crippen LogP) is 3.75. The second-order valence-corrected chi connectivity index (χ2v) is 7.16. The summed E-state index contributed by atoms with van der Waals surface area (Å²) < 4.78 is 37.9. The predicted molar refractivity (Wildman–Crippen MR) is 87.6 cm³/mol. The lowest BCUT2D eigenvalue weighted by Gasteiger charge is -2.27. The number of halogens is 3.